The molecule has 3 heterocycles. The van der Waals surface area contributed by atoms with Crippen molar-refractivity contribution >= 4 is 91.4 Å². The fourth-order valence-corrected chi connectivity index (χ4v) is 7.57. The number of pyridine rings is 1. The summed E-state index contributed by atoms with van der Waals surface area (Å²) in [5.41, 5.74) is 5.78. The molecule has 8 rings (SSSR count). The van der Waals surface area contributed by atoms with Crippen molar-refractivity contribution < 1.29 is 28.7 Å². The molecule has 0 fully saturated rings. The molecule has 62 heavy (non-hydrogen) atoms. The van der Waals surface area contributed by atoms with E-state index >= 15 is 0 Å². The van der Waals surface area contributed by atoms with Crippen molar-refractivity contribution in [2.45, 2.75) is 20.0 Å². The van der Waals surface area contributed by atoms with Crippen LogP contribution < -0.4 is 20.1 Å². The molecule has 0 aliphatic heterocycles. The van der Waals surface area contributed by atoms with E-state index in [4.69, 9.17) is 44.3 Å². The third kappa shape index (κ3) is 9.50. The zero-order valence-corrected chi connectivity index (χ0v) is 35.9. The molecular weight excluding hydrogens is 849 g/mol. The number of carbonyl (C=O) groups excluding carboxylic acids is 4. The molecular formula is C48H38Cl3N5O6. The number of Topliss-reactive ketones (excluding diaryl/α,β-unsaturated/α-hetero) is 2. The number of carbonyl (C=O) groups is 4. The average molecular weight is 887 g/mol. The van der Waals surface area contributed by atoms with Gasteiger partial charge in [-0.25, -0.2) is 0 Å². The number of benzene rings is 5. The van der Waals surface area contributed by atoms with Crippen molar-refractivity contribution in [1.29, 1.82) is 0 Å². The van der Waals surface area contributed by atoms with Crippen LogP contribution >= 0.6 is 34.8 Å². The van der Waals surface area contributed by atoms with E-state index in [1.807, 2.05) is 72.2 Å². The zero-order valence-electron chi connectivity index (χ0n) is 33.6. The topological polar surface area (TPSA) is 134 Å². The van der Waals surface area contributed by atoms with Crippen LogP contribution in [-0.2, 0) is 22.7 Å². The molecule has 0 radical (unpaired) electrons. The second-order valence-electron chi connectivity index (χ2n) is 14.0. The summed E-state index contributed by atoms with van der Waals surface area (Å²) in [5.74, 6) is -1.63. The predicted octanol–water partition coefficient (Wildman–Crippen LogP) is 10.7. The van der Waals surface area contributed by atoms with Crippen LogP contribution in [0.15, 0.2) is 140 Å². The molecule has 0 saturated heterocycles. The smallest absolute Gasteiger partial charge is 0.296 e. The second kappa shape index (κ2) is 19.2. The Hall–Kier alpha value is -6.92. The Kier molecular flexibility index (Phi) is 13.4. The molecule has 14 heteroatoms. The molecule has 11 nitrogen and oxygen atoms in total. The van der Waals surface area contributed by atoms with Crippen molar-refractivity contribution in [1.82, 2.24) is 14.1 Å². The highest BCUT2D eigenvalue weighted by atomic mass is 35.5. The lowest BCUT2D eigenvalue weighted by molar-refractivity contribution is -0.113. The lowest BCUT2D eigenvalue weighted by atomic mass is 10.1. The summed E-state index contributed by atoms with van der Waals surface area (Å²) in [6.07, 6.45) is 3.05. The van der Waals surface area contributed by atoms with Gasteiger partial charge >= 0.3 is 0 Å². The van der Waals surface area contributed by atoms with Crippen molar-refractivity contribution in [2.24, 2.45) is 0 Å². The van der Waals surface area contributed by atoms with Crippen LogP contribution in [0.4, 0.5) is 11.4 Å². The molecule has 2 amide bonds. The maximum Gasteiger partial charge on any atom is 0.296 e. The van der Waals surface area contributed by atoms with Crippen LogP contribution in [0.3, 0.4) is 0 Å². The Morgan fingerprint density at radius 3 is 1.53 bits per heavy atom. The van der Waals surface area contributed by atoms with Gasteiger partial charge in [-0.3, -0.25) is 24.2 Å². The SMILES string of the molecule is COc1ccc2c(c1)c(C(=O)C(=O)Nc1ccccc1)c(C)n2Cc1ccc(Cl)cc1.COc1ccc2c(c1)c(C(=O)C(=O)Nc1ccncc1)c(Cl)n2Cc1ccc(Cl)cc1. The normalized spacial score (nSPS) is 10.8. The first-order chi connectivity index (χ1) is 29.9. The molecule has 0 bridgehead atoms. The summed E-state index contributed by atoms with van der Waals surface area (Å²) in [7, 11) is 3.10. The Balaban J connectivity index is 0.000000186. The molecule has 0 aliphatic carbocycles. The summed E-state index contributed by atoms with van der Waals surface area (Å²) < 4.78 is 14.5. The summed E-state index contributed by atoms with van der Waals surface area (Å²) in [4.78, 5) is 55.6. The largest absolute Gasteiger partial charge is 0.497 e. The average Bonchev–Trinajstić information content (AvgIpc) is 3.72. The fourth-order valence-electron chi connectivity index (χ4n) is 6.98. The van der Waals surface area contributed by atoms with Crippen LogP contribution in [0.25, 0.3) is 21.8 Å². The van der Waals surface area contributed by atoms with Gasteiger partial charge in [0, 0.05) is 68.9 Å². The highest BCUT2D eigenvalue weighted by Crippen LogP contribution is 2.35. The minimum Gasteiger partial charge on any atom is -0.497 e. The number of fused-ring (bicyclic) bond motifs is 2. The Labute approximate surface area is 371 Å². The van der Waals surface area contributed by atoms with Gasteiger partial charge in [-0.15, -0.1) is 0 Å². The number of ketones is 2. The third-order valence-electron chi connectivity index (χ3n) is 10.1. The Morgan fingerprint density at radius 1 is 0.565 bits per heavy atom. The van der Waals surface area contributed by atoms with Gasteiger partial charge in [-0.05, 0) is 103 Å². The lowest BCUT2D eigenvalue weighted by Gasteiger charge is -2.09. The molecule has 5 aromatic carbocycles. The van der Waals surface area contributed by atoms with Gasteiger partial charge in [0.25, 0.3) is 23.4 Å². The van der Waals surface area contributed by atoms with E-state index < -0.39 is 23.4 Å². The van der Waals surface area contributed by atoms with E-state index in [0.717, 1.165) is 16.6 Å². The first-order valence-electron chi connectivity index (χ1n) is 19.1. The first-order valence-corrected chi connectivity index (χ1v) is 20.3. The quantitative estimate of drug-likeness (QED) is 0.0922. The van der Waals surface area contributed by atoms with Crippen molar-refractivity contribution in [3.05, 3.63) is 183 Å². The number of amides is 2. The standard InChI is InChI=1S/C25H21ClN2O3.C23H17Cl2N3O3/c1-16-23(24(29)25(30)27-19-6-4-3-5-7-19)21-14-20(31-2)12-13-22(21)28(16)15-17-8-10-18(26)11-9-17;1-31-17-6-7-19-18(12-17)20(21(29)23(30)27-16-8-10-26-11-9-16)22(25)28(19)13-14-2-4-15(24)5-3-14/h3-14H,15H2,1-2H3,(H,27,30);2-12H,13H2,1H3,(H,26,27,30). The number of anilines is 2. The van der Waals surface area contributed by atoms with Gasteiger partial charge in [-0.1, -0.05) is 77.3 Å². The van der Waals surface area contributed by atoms with E-state index in [1.165, 1.54) is 19.5 Å². The fraction of sp³-hybridized carbons (Fsp3) is 0.104. The number of aromatic nitrogens is 3. The number of rotatable bonds is 12. The number of nitrogens with zero attached hydrogens (tertiary/aromatic N) is 3. The number of hydrogen-bond donors (Lipinski definition) is 2. The maximum absolute atomic E-state index is 13.2. The van der Waals surface area contributed by atoms with Crippen LogP contribution in [0.2, 0.25) is 15.2 Å². The Morgan fingerprint density at radius 2 is 1.02 bits per heavy atom. The zero-order chi connectivity index (χ0) is 43.9. The molecule has 8 aromatic rings. The maximum atomic E-state index is 13.2. The molecule has 312 valence electrons. The van der Waals surface area contributed by atoms with E-state index in [9.17, 15) is 19.2 Å². The lowest BCUT2D eigenvalue weighted by Crippen LogP contribution is -2.23. The number of hydrogen-bond acceptors (Lipinski definition) is 7. The molecule has 0 saturated carbocycles. The highest BCUT2D eigenvalue weighted by Gasteiger charge is 2.28. The summed E-state index contributed by atoms with van der Waals surface area (Å²) in [6.45, 7) is 2.79. The predicted molar refractivity (Wildman–Crippen MR) is 244 cm³/mol. The number of ether oxygens (including phenoxy) is 2. The molecule has 2 N–H and O–H groups in total. The van der Waals surface area contributed by atoms with Crippen LogP contribution in [0.5, 0.6) is 11.5 Å². The van der Waals surface area contributed by atoms with Gasteiger partial charge in [0.2, 0.25) is 0 Å². The van der Waals surface area contributed by atoms with Gasteiger partial charge in [0.05, 0.1) is 30.9 Å². The summed E-state index contributed by atoms with van der Waals surface area (Å²) >= 11 is 18.6. The van der Waals surface area contributed by atoms with Crippen LogP contribution in [0, 0.1) is 6.92 Å². The molecule has 0 spiro atoms. The van der Waals surface area contributed by atoms with E-state index in [0.29, 0.717) is 73.6 Å². The van der Waals surface area contributed by atoms with Crippen LogP contribution in [-0.4, -0.2) is 51.7 Å². The van der Waals surface area contributed by atoms with E-state index in [1.54, 1.807) is 78.4 Å². The van der Waals surface area contributed by atoms with Gasteiger partial charge < -0.3 is 29.2 Å². The Bertz CT molecular complexity index is 2730. The van der Waals surface area contributed by atoms with Crippen molar-refractivity contribution in [2.75, 3.05) is 24.9 Å². The van der Waals surface area contributed by atoms with Crippen molar-refractivity contribution in [3.63, 3.8) is 0 Å². The van der Waals surface area contributed by atoms with Crippen molar-refractivity contribution in [3.8, 4) is 11.5 Å². The number of para-hydroxylation sites is 1. The van der Waals surface area contributed by atoms with Gasteiger partial charge in [0.1, 0.15) is 16.7 Å². The molecule has 0 unspecified atom stereocenters. The number of nitrogens with one attached hydrogen (secondary N) is 2. The van der Waals surface area contributed by atoms with Crippen LogP contribution in [0.1, 0.15) is 37.5 Å². The second-order valence-corrected chi connectivity index (χ2v) is 15.2. The van der Waals surface area contributed by atoms with E-state index in [2.05, 4.69) is 15.6 Å². The highest BCUT2D eigenvalue weighted by molar-refractivity contribution is 6.52. The molecule has 0 aliphatic rings. The third-order valence-corrected chi connectivity index (χ3v) is 11.0. The molecule has 3 aromatic heterocycles. The minimum absolute atomic E-state index is 0.121. The first kappa shape index (κ1) is 43.2. The number of methoxy groups -OCH3 is 2. The summed E-state index contributed by atoms with van der Waals surface area (Å²) in [5, 5.41) is 7.94. The van der Waals surface area contributed by atoms with Gasteiger partial charge in [-0.2, -0.15) is 0 Å². The van der Waals surface area contributed by atoms with Gasteiger partial charge in [0.15, 0.2) is 0 Å². The number of halogens is 3. The minimum atomic E-state index is -0.790. The molecule has 0 atom stereocenters. The van der Waals surface area contributed by atoms with E-state index in [-0.39, 0.29) is 10.7 Å². The summed E-state index contributed by atoms with van der Waals surface area (Å²) in [6, 6.07) is 37.9. The monoisotopic (exact) mass is 885 g/mol.